The van der Waals surface area contributed by atoms with Crippen molar-refractivity contribution in [2.75, 3.05) is 0 Å². The number of hydrogen-bond donors (Lipinski definition) is 1. The first kappa shape index (κ1) is 16.7. The zero-order valence-corrected chi connectivity index (χ0v) is 15.3. The molecular weight excluding hydrogens is 356 g/mol. The van der Waals surface area contributed by atoms with Gasteiger partial charge >= 0.3 is 6.03 Å². The molecular formula is C21H18N4O3. The lowest BCUT2D eigenvalue weighted by Crippen LogP contribution is -2.41. The minimum absolute atomic E-state index is 0.0482. The van der Waals surface area contributed by atoms with Gasteiger partial charge in [0.2, 0.25) is 11.7 Å². The summed E-state index contributed by atoms with van der Waals surface area (Å²) in [6.07, 6.45) is 1.32. The quantitative estimate of drug-likeness (QED) is 0.712. The van der Waals surface area contributed by atoms with Gasteiger partial charge in [-0.05, 0) is 30.9 Å². The van der Waals surface area contributed by atoms with Crippen molar-refractivity contribution in [1.29, 1.82) is 0 Å². The van der Waals surface area contributed by atoms with Crippen LogP contribution in [0.15, 0.2) is 53.1 Å². The second-order valence-corrected chi connectivity index (χ2v) is 7.26. The molecule has 1 spiro atoms. The maximum absolute atomic E-state index is 13.2. The molecule has 0 unspecified atom stereocenters. The normalized spacial score (nSPS) is 20.7. The monoisotopic (exact) mass is 374 g/mol. The molecule has 1 fully saturated rings. The number of aryl methyl sites for hydroxylation is 2. The standard InChI is InChI=1S/C21H18N4O3/c1-13-6-8-15(9-7-13)18-22-17(28-24-18)12-25-19(26)21(23-20(25)27)11-10-14-4-2-3-5-16(14)21/h2-9H,10-12H2,1H3,(H,23,27)/t21-/m0/s1. The molecule has 0 radical (unpaired) electrons. The molecule has 2 aliphatic rings. The van der Waals surface area contributed by atoms with E-state index in [0.29, 0.717) is 12.2 Å². The molecule has 0 bridgehead atoms. The molecule has 1 aliphatic heterocycles. The minimum atomic E-state index is -0.979. The molecule has 1 N–H and O–H groups in total. The predicted molar refractivity (Wildman–Crippen MR) is 100.0 cm³/mol. The fraction of sp³-hybridized carbons (Fsp3) is 0.238. The van der Waals surface area contributed by atoms with E-state index < -0.39 is 11.6 Å². The Kier molecular flexibility index (Phi) is 3.58. The number of fused-ring (bicyclic) bond motifs is 2. The third kappa shape index (κ3) is 2.43. The summed E-state index contributed by atoms with van der Waals surface area (Å²) in [5.41, 5.74) is 2.94. The van der Waals surface area contributed by atoms with Crippen molar-refractivity contribution >= 4 is 11.9 Å². The maximum atomic E-state index is 13.2. The molecule has 2 heterocycles. The highest BCUT2D eigenvalue weighted by molar-refractivity contribution is 6.08. The van der Waals surface area contributed by atoms with Gasteiger partial charge in [0.15, 0.2) is 0 Å². The van der Waals surface area contributed by atoms with Crippen LogP contribution in [0, 0.1) is 6.92 Å². The van der Waals surface area contributed by atoms with Gasteiger partial charge < -0.3 is 9.84 Å². The Bertz CT molecular complexity index is 1090. The zero-order chi connectivity index (χ0) is 19.3. The van der Waals surface area contributed by atoms with Crippen LogP contribution in [-0.2, 0) is 23.3 Å². The van der Waals surface area contributed by atoms with Gasteiger partial charge in [-0.2, -0.15) is 4.98 Å². The van der Waals surface area contributed by atoms with Crippen molar-refractivity contribution in [3.8, 4) is 11.4 Å². The Morgan fingerprint density at radius 2 is 1.93 bits per heavy atom. The first-order chi connectivity index (χ1) is 13.6. The van der Waals surface area contributed by atoms with Gasteiger partial charge in [-0.25, -0.2) is 4.79 Å². The summed E-state index contributed by atoms with van der Waals surface area (Å²) in [5.74, 6) is 0.392. The number of carbonyl (C=O) groups excluding carboxylic acids is 2. The van der Waals surface area contributed by atoms with Crippen molar-refractivity contribution in [2.45, 2.75) is 31.8 Å². The molecule has 7 heteroatoms. The largest absolute Gasteiger partial charge is 0.337 e. The molecule has 140 valence electrons. The van der Waals surface area contributed by atoms with E-state index in [9.17, 15) is 9.59 Å². The van der Waals surface area contributed by atoms with E-state index in [1.807, 2.05) is 55.5 Å². The number of nitrogens with zero attached hydrogens (tertiary/aromatic N) is 3. The van der Waals surface area contributed by atoms with Crippen LogP contribution >= 0.6 is 0 Å². The van der Waals surface area contributed by atoms with E-state index in [0.717, 1.165) is 33.6 Å². The molecule has 28 heavy (non-hydrogen) atoms. The van der Waals surface area contributed by atoms with Crippen molar-refractivity contribution in [1.82, 2.24) is 20.4 Å². The average molecular weight is 374 g/mol. The Morgan fingerprint density at radius 3 is 2.75 bits per heavy atom. The first-order valence-corrected chi connectivity index (χ1v) is 9.19. The summed E-state index contributed by atoms with van der Waals surface area (Å²) < 4.78 is 5.29. The van der Waals surface area contributed by atoms with Crippen LogP contribution in [0.5, 0.6) is 0 Å². The molecule has 1 aliphatic carbocycles. The molecule has 7 nitrogen and oxygen atoms in total. The predicted octanol–water partition coefficient (Wildman–Crippen LogP) is 2.94. The van der Waals surface area contributed by atoms with Crippen molar-refractivity contribution in [3.63, 3.8) is 0 Å². The smallest absolute Gasteiger partial charge is 0.325 e. The van der Waals surface area contributed by atoms with Gasteiger partial charge in [-0.15, -0.1) is 0 Å². The lowest BCUT2D eigenvalue weighted by atomic mass is 9.92. The van der Waals surface area contributed by atoms with Gasteiger partial charge in [-0.1, -0.05) is 59.3 Å². The number of imide groups is 1. The van der Waals surface area contributed by atoms with Gasteiger partial charge in [0.25, 0.3) is 5.91 Å². The second-order valence-electron chi connectivity index (χ2n) is 7.26. The number of nitrogens with one attached hydrogen (secondary N) is 1. The molecule has 2 aromatic carbocycles. The van der Waals surface area contributed by atoms with Crippen LogP contribution in [0.1, 0.15) is 29.0 Å². The summed E-state index contributed by atoms with van der Waals surface area (Å²) >= 11 is 0. The van der Waals surface area contributed by atoms with Crippen LogP contribution in [0.4, 0.5) is 4.79 Å². The van der Waals surface area contributed by atoms with Crippen molar-refractivity contribution < 1.29 is 14.1 Å². The fourth-order valence-corrected chi connectivity index (χ4v) is 4.01. The van der Waals surface area contributed by atoms with Crippen LogP contribution in [0.3, 0.4) is 0 Å². The lowest BCUT2D eigenvalue weighted by molar-refractivity contribution is -0.132. The van der Waals surface area contributed by atoms with E-state index >= 15 is 0 Å². The average Bonchev–Trinajstić information content (AvgIpc) is 3.37. The van der Waals surface area contributed by atoms with E-state index in [1.54, 1.807) is 0 Å². The maximum Gasteiger partial charge on any atom is 0.325 e. The van der Waals surface area contributed by atoms with Gasteiger partial charge in [0.05, 0.1) is 0 Å². The summed E-state index contributed by atoms with van der Waals surface area (Å²) in [6, 6.07) is 15.0. The van der Waals surface area contributed by atoms with Crippen LogP contribution < -0.4 is 5.32 Å². The van der Waals surface area contributed by atoms with Gasteiger partial charge in [0, 0.05) is 5.56 Å². The Labute approximate surface area is 161 Å². The van der Waals surface area contributed by atoms with E-state index in [1.165, 1.54) is 0 Å². The Balaban J connectivity index is 1.40. The Hall–Kier alpha value is -3.48. The van der Waals surface area contributed by atoms with Crippen LogP contribution in [0.2, 0.25) is 0 Å². The number of urea groups is 1. The highest BCUT2D eigenvalue weighted by Crippen LogP contribution is 2.41. The van der Waals surface area contributed by atoms with Crippen LogP contribution in [-0.4, -0.2) is 27.0 Å². The zero-order valence-electron chi connectivity index (χ0n) is 15.3. The SMILES string of the molecule is Cc1ccc(-c2noc(CN3C(=O)N[C@]4(CCc5ccccc54)C3=O)n2)cc1. The number of benzene rings is 2. The van der Waals surface area contributed by atoms with Gasteiger partial charge in [0.1, 0.15) is 12.1 Å². The van der Waals surface area contributed by atoms with E-state index in [2.05, 4.69) is 15.5 Å². The van der Waals surface area contributed by atoms with E-state index in [4.69, 9.17) is 4.52 Å². The first-order valence-electron chi connectivity index (χ1n) is 9.19. The van der Waals surface area contributed by atoms with Gasteiger partial charge in [-0.3, -0.25) is 9.69 Å². The summed E-state index contributed by atoms with van der Waals surface area (Å²) in [4.78, 5) is 31.3. The fourth-order valence-electron chi connectivity index (χ4n) is 4.01. The number of aromatic nitrogens is 2. The number of amides is 3. The third-order valence-corrected chi connectivity index (χ3v) is 5.49. The van der Waals surface area contributed by atoms with E-state index in [-0.39, 0.29) is 18.3 Å². The van der Waals surface area contributed by atoms with Crippen molar-refractivity contribution in [2.24, 2.45) is 0 Å². The Morgan fingerprint density at radius 1 is 1.14 bits per heavy atom. The summed E-state index contributed by atoms with van der Waals surface area (Å²) in [6.45, 7) is 1.95. The molecule has 1 aromatic heterocycles. The highest BCUT2D eigenvalue weighted by Gasteiger charge is 2.55. The molecule has 3 aromatic rings. The number of hydrogen-bond acceptors (Lipinski definition) is 5. The minimum Gasteiger partial charge on any atom is -0.337 e. The highest BCUT2D eigenvalue weighted by atomic mass is 16.5. The summed E-state index contributed by atoms with van der Waals surface area (Å²) in [5, 5.41) is 6.88. The number of rotatable bonds is 3. The third-order valence-electron chi connectivity index (χ3n) is 5.49. The topological polar surface area (TPSA) is 88.3 Å². The molecule has 1 saturated heterocycles. The van der Waals surface area contributed by atoms with Crippen LogP contribution in [0.25, 0.3) is 11.4 Å². The summed E-state index contributed by atoms with van der Waals surface area (Å²) in [7, 11) is 0. The number of carbonyl (C=O) groups is 2. The molecule has 1 atom stereocenters. The lowest BCUT2D eigenvalue weighted by Gasteiger charge is -2.21. The molecule has 5 rings (SSSR count). The molecule has 0 saturated carbocycles. The van der Waals surface area contributed by atoms with Crippen molar-refractivity contribution in [3.05, 3.63) is 71.1 Å². The second kappa shape index (κ2) is 6.02. The molecule has 3 amide bonds.